The first-order valence-electron chi connectivity index (χ1n) is 7.32. The number of hydrogen-bond acceptors (Lipinski definition) is 5. The number of halogens is 2. The molecule has 5 nitrogen and oxygen atoms in total. The van der Waals surface area contributed by atoms with Crippen LogP contribution in [0.1, 0.15) is 17.4 Å². The molecule has 0 aliphatic rings. The van der Waals surface area contributed by atoms with Crippen molar-refractivity contribution in [2.75, 3.05) is 13.7 Å². The molecular formula is C17H13F2NO4S. The van der Waals surface area contributed by atoms with Gasteiger partial charge in [0, 0.05) is 22.6 Å². The first kappa shape index (κ1) is 17.1. The van der Waals surface area contributed by atoms with Crippen LogP contribution in [0.2, 0.25) is 0 Å². The van der Waals surface area contributed by atoms with Gasteiger partial charge in [-0.05, 0) is 19.1 Å². The molecule has 3 rings (SSSR count). The Kier molecular flexibility index (Phi) is 4.54. The quantitative estimate of drug-likeness (QED) is 0.716. The molecule has 8 heteroatoms. The van der Waals surface area contributed by atoms with Gasteiger partial charge in [-0.15, -0.1) is 11.3 Å². The second-order valence-electron chi connectivity index (χ2n) is 5.06. The summed E-state index contributed by atoms with van der Waals surface area (Å²) in [6, 6.07) is 3.74. The van der Waals surface area contributed by atoms with E-state index in [1.807, 2.05) is 0 Å². The van der Waals surface area contributed by atoms with Gasteiger partial charge in [-0.2, -0.15) is 0 Å². The lowest BCUT2D eigenvalue weighted by molar-refractivity contribution is 0.0520. The van der Waals surface area contributed by atoms with E-state index < -0.39 is 23.2 Å². The molecule has 3 aromatic rings. The van der Waals surface area contributed by atoms with Crippen LogP contribution in [0.4, 0.5) is 8.78 Å². The normalized spacial score (nSPS) is 10.9. The molecule has 130 valence electrons. The number of rotatable bonds is 4. The number of H-pyrrole nitrogens is 1. The summed E-state index contributed by atoms with van der Waals surface area (Å²) in [4.78, 5) is 26.9. The minimum atomic E-state index is -0.767. The Morgan fingerprint density at radius 2 is 2.08 bits per heavy atom. The zero-order valence-electron chi connectivity index (χ0n) is 13.3. The number of ether oxygens (including phenoxy) is 2. The molecule has 0 aliphatic carbocycles. The van der Waals surface area contributed by atoms with Crippen molar-refractivity contribution in [3.05, 3.63) is 51.3 Å². The van der Waals surface area contributed by atoms with E-state index in [1.54, 1.807) is 6.92 Å². The van der Waals surface area contributed by atoms with Gasteiger partial charge < -0.3 is 14.5 Å². The van der Waals surface area contributed by atoms with E-state index in [0.717, 1.165) is 17.4 Å². The monoisotopic (exact) mass is 365 g/mol. The fraction of sp³-hybridized carbons (Fsp3) is 0.176. The summed E-state index contributed by atoms with van der Waals surface area (Å²) in [7, 11) is 1.35. The molecule has 0 bridgehead atoms. The second kappa shape index (κ2) is 6.64. The molecule has 0 fully saturated rings. The van der Waals surface area contributed by atoms with Crippen LogP contribution in [0.25, 0.3) is 21.2 Å². The number of thiophene rings is 1. The number of esters is 1. The third-order valence-corrected chi connectivity index (χ3v) is 4.57. The van der Waals surface area contributed by atoms with Crippen LogP contribution in [-0.4, -0.2) is 24.7 Å². The topological polar surface area (TPSA) is 68.4 Å². The molecule has 0 saturated heterocycles. The number of benzene rings is 1. The number of carbonyl (C=O) groups is 1. The van der Waals surface area contributed by atoms with Gasteiger partial charge in [-0.1, -0.05) is 0 Å². The van der Waals surface area contributed by atoms with Gasteiger partial charge in [-0.3, -0.25) is 4.79 Å². The van der Waals surface area contributed by atoms with Crippen molar-refractivity contribution in [2.24, 2.45) is 0 Å². The maximum absolute atomic E-state index is 14.0. The number of aromatic nitrogens is 1. The van der Waals surface area contributed by atoms with Gasteiger partial charge in [0.15, 0.2) is 0 Å². The predicted octanol–water partition coefficient (Wildman–Crippen LogP) is 3.72. The molecule has 0 atom stereocenters. The summed E-state index contributed by atoms with van der Waals surface area (Å²) in [5, 5.41) is 1.01. The van der Waals surface area contributed by atoms with E-state index >= 15 is 0 Å². The van der Waals surface area contributed by atoms with E-state index in [9.17, 15) is 18.4 Å². The van der Waals surface area contributed by atoms with Crippen LogP contribution >= 0.6 is 11.3 Å². The van der Waals surface area contributed by atoms with E-state index in [-0.39, 0.29) is 33.7 Å². The Morgan fingerprint density at radius 1 is 1.32 bits per heavy atom. The van der Waals surface area contributed by atoms with Gasteiger partial charge in [-0.25, -0.2) is 13.6 Å². The van der Waals surface area contributed by atoms with E-state index in [1.165, 1.54) is 24.6 Å². The molecule has 0 spiro atoms. The molecule has 0 radical (unpaired) electrons. The SMILES string of the molecule is CCOC(=O)c1[nH]c(=O)c2c(F)csc2c1-c1ccc(F)cc1OC. The van der Waals surface area contributed by atoms with Crippen molar-refractivity contribution >= 4 is 27.4 Å². The maximum Gasteiger partial charge on any atom is 0.355 e. The lowest BCUT2D eigenvalue weighted by atomic mass is 10.0. The number of aromatic amines is 1. The summed E-state index contributed by atoms with van der Waals surface area (Å²) in [5.41, 5.74) is -0.290. The number of fused-ring (bicyclic) bond motifs is 1. The summed E-state index contributed by atoms with van der Waals surface area (Å²) >= 11 is 0.971. The van der Waals surface area contributed by atoms with Crippen molar-refractivity contribution in [1.29, 1.82) is 0 Å². The molecule has 1 aromatic carbocycles. The van der Waals surface area contributed by atoms with Gasteiger partial charge >= 0.3 is 5.97 Å². The van der Waals surface area contributed by atoms with Crippen LogP contribution in [0, 0.1) is 11.6 Å². The highest BCUT2D eigenvalue weighted by Gasteiger charge is 2.25. The Morgan fingerprint density at radius 3 is 2.76 bits per heavy atom. The van der Waals surface area contributed by atoms with Crippen LogP contribution < -0.4 is 10.3 Å². The Labute approximate surface area is 144 Å². The predicted molar refractivity (Wildman–Crippen MR) is 90.3 cm³/mol. The molecule has 2 aromatic heterocycles. The zero-order chi connectivity index (χ0) is 18.1. The molecule has 0 unspecified atom stereocenters. The molecule has 0 aliphatic heterocycles. The average Bonchev–Trinajstić information content (AvgIpc) is 2.97. The molecule has 0 saturated carbocycles. The molecule has 2 heterocycles. The number of nitrogens with one attached hydrogen (secondary N) is 1. The molecule has 0 amide bonds. The largest absolute Gasteiger partial charge is 0.496 e. The average molecular weight is 365 g/mol. The molecular weight excluding hydrogens is 352 g/mol. The van der Waals surface area contributed by atoms with E-state index in [2.05, 4.69) is 4.98 Å². The number of carbonyl (C=O) groups excluding carboxylic acids is 1. The zero-order valence-corrected chi connectivity index (χ0v) is 14.1. The van der Waals surface area contributed by atoms with Gasteiger partial charge in [0.2, 0.25) is 0 Å². The third-order valence-electron chi connectivity index (χ3n) is 3.60. The number of methoxy groups -OCH3 is 1. The minimum Gasteiger partial charge on any atom is -0.496 e. The van der Waals surface area contributed by atoms with Crippen molar-refractivity contribution in [1.82, 2.24) is 4.98 Å². The Hall–Kier alpha value is -2.74. The fourth-order valence-electron chi connectivity index (χ4n) is 2.57. The van der Waals surface area contributed by atoms with Crippen LogP contribution in [0.3, 0.4) is 0 Å². The first-order chi connectivity index (χ1) is 12.0. The summed E-state index contributed by atoms with van der Waals surface area (Å²) in [5.74, 6) is -1.85. The number of pyridine rings is 1. The number of hydrogen-bond donors (Lipinski definition) is 1. The van der Waals surface area contributed by atoms with Gasteiger partial charge in [0.25, 0.3) is 5.56 Å². The van der Waals surface area contributed by atoms with Gasteiger partial charge in [0.1, 0.15) is 23.1 Å². The van der Waals surface area contributed by atoms with Crippen molar-refractivity contribution in [3.63, 3.8) is 0 Å². The maximum atomic E-state index is 14.0. The Balaban J connectivity index is 2.43. The fourth-order valence-corrected chi connectivity index (χ4v) is 3.55. The van der Waals surface area contributed by atoms with Crippen LogP contribution in [0.5, 0.6) is 5.75 Å². The second-order valence-corrected chi connectivity index (χ2v) is 5.94. The summed E-state index contributed by atoms with van der Waals surface area (Å²) in [6.07, 6.45) is 0. The minimum absolute atomic E-state index is 0.0949. The first-order valence-corrected chi connectivity index (χ1v) is 8.19. The van der Waals surface area contributed by atoms with Crippen molar-refractivity contribution in [2.45, 2.75) is 6.92 Å². The van der Waals surface area contributed by atoms with Crippen molar-refractivity contribution in [3.8, 4) is 16.9 Å². The van der Waals surface area contributed by atoms with Gasteiger partial charge in [0.05, 0.1) is 23.8 Å². The highest BCUT2D eigenvalue weighted by Crippen LogP contribution is 2.39. The molecule has 1 N–H and O–H groups in total. The van der Waals surface area contributed by atoms with E-state index in [0.29, 0.717) is 5.56 Å². The lowest BCUT2D eigenvalue weighted by Gasteiger charge is -2.13. The standard InChI is InChI=1S/C17H13F2NO4S/c1-3-24-17(22)14-12(9-5-4-8(18)6-11(9)23-2)15-13(16(21)20-14)10(19)7-25-15/h4-7H,3H2,1-2H3,(H,20,21). The van der Waals surface area contributed by atoms with E-state index in [4.69, 9.17) is 9.47 Å². The summed E-state index contributed by atoms with van der Waals surface area (Å²) in [6.45, 7) is 1.72. The smallest absolute Gasteiger partial charge is 0.355 e. The molecule has 25 heavy (non-hydrogen) atoms. The van der Waals surface area contributed by atoms with Crippen LogP contribution in [0.15, 0.2) is 28.4 Å². The third kappa shape index (κ3) is 2.89. The van der Waals surface area contributed by atoms with Crippen molar-refractivity contribution < 1.29 is 23.0 Å². The highest BCUT2D eigenvalue weighted by atomic mass is 32.1. The highest BCUT2D eigenvalue weighted by molar-refractivity contribution is 7.17. The summed E-state index contributed by atoms with van der Waals surface area (Å²) < 4.78 is 38.0. The lowest BCUT2D eigenvalue weighted by Crippen LogP contribution is -2.17. The Bertz CT molecular complexity index is 1030. The van der Waals surface area contributed by atoms with Crippen LogP contribution in [-0.2, 0) is 4.74 Å².